The number of aromatic nitrogens is 1. The monoisotopic (exact) mass is 472 g/mol. The van der Waals surface area contributed by atoms with Crippen molar-refractivity contribution in [2.45, 2.75) is 18.1 Å². The highest BCUT2D eigenvalue weighted by atomic mass is 32.1. The highest BCUT2D eigenvalue weighted by molar-refractivity contribution is 7.10. The predicted octanol–water partition coefficient (Wildman–Crippen LogP) is 3.27. The quantitative estimate of drug-likeness (QED) is 0.606. The van der Waals surface area contributed by atoms with Crippen LogP contribution in [0.25, 0.3) is 0 Å². The number of hydrazone groups is 1. The van der Waals surface area contributed by atoms with E-state index < -0.39 is 5.66 Å². The summed E-state index contributed by atoms with van der Waals surface area (Å²) in [5.74, 6) is 0.366. The van der Waals surface area contributed by atoms with Crippen LogP contribution in [0.2, 0.25) is 0 Å². The fraction of sp³-hybridized carbons (Fsp3) is 0.320. The number of nitrogens with zero attached hydrogens (tertiary/aromatic N) is 6. The minimum atomic E-state index is -0.938. The molecule has 2 atom stereocenters. The Bertz CT molecular complexity index is 1210. The lowest BCUT2D eigenvalue weighted by Crippen LogP contribution is -2.48. The minimum absolute atomic E-state index is 0.0323. The average Bonchev–Trinajstić information content (AvgIpc) is 3.55. The zero-order valence-corrected chi connectivity index (χ0v) is 19.9. The number of fused-ring (bicyclic) bond motifs is 1. The molecule has 0 amide bonds. The SMILES string of the molecule is CN1CCN(c2ccc(C3(N4N=CCC4c4ccccc4)N=C(N)Nc4ccsc43)nc2)CC1. The van der Waals surface area contributed by atoms with E-state index in [1.165, 1.54) is 5.56 Å². The standard InChI is InChI=1S/C25H28N8S/c1-31-12-14-32(15-13-31)19-7-8-22(27-17-19)25(23-20(10-16-34-23)29-24(26)30-25)33-21(9-11-28-33)18-5-3-2-4-6-18/h2-8,10-11,16-17,21H,9,12-15H2,1H3,(H3,26,29,30). The van der Waals surface area contributed by atoms with Crippen LogP contribution in [0.3, 0.4) is 0 Å². The number of likely N-dealkylation sites (N-methyl/N-ethyl adjacent to an activating group) is 1. The van der Waals surface area contributed by atoms with Gasteiger partial charge in [0.25, 0.3) is 0 Å². The number of nitrogens with two attached hydrogens (primary N) is 1. The first kappa shape index (κ1) is 21.1. The van der Waals surface area contributed by atoms with Crippen LogP contribution in [0.5, 0.6) is 0 Å². The van der Waals surface area contributed by atoms with E-state index in [-0.39, 0.29) is 6.04 Å². The molecule has 9 heteroatoms. The molecule has 5 heterocycles. The maximum Gasteiger partial charge on any atom is 0.231 e. The zero-order chi connectivity index (χ0) is 23.1. The lowest BCUT2D eigenvalue weighted by atomic mass is 9.95. The van der Waals surface area contributed by atoms with Crippen LogP contribution in [0.4, 0.5) is 11.4 Å². The fourth-order valence-corrected chi connectivity index (χ4v) is 6.03. The molecule has 8 nitrogen and oxygen atoms in total. The number of guanidine groups is 1. The number of anilines is 2. The van der Waals surface area contributed by atoms with Gasteiger partial charge in [-0.25, -0.2) is 4.99 Å². The van der Waals surface area contributed by atoms with Gasteiger partial charge in [0.1, 0.15) is 0 Å². The first-order valence-electron chi connectivity index (χ1n) is 11.6. The Morgan fingerprint density at radius 1 is 1.06 bits per heavy atom. The van der Waals surface area contributed by atoms with E-state index in [1.54, 1.807) is 11.3 Å². The molecule has 174 valence electrons. The first-order valence-corrected chi connectivity index (χ1v) is 12.5. The van der Waals surface area contributed by atoms with Crippen LogP contribution in [-0.2, 0) is 5.66 Å². The Kier molecular flexibility index (Phi) is 5.23. The van der Waals surface area contributed by atoms with Crippen LogP contribution in [-0.4, -0.2) is 60.3 Å². The van der Waals surface area contributed by atoms with Crippen molar-refractivity contribution in [3.05, 3.63) is 76.2 Å². The third-order valence-corrected chi connectivity index (χ3v) is 7.86. The smallest absolute Gasteiger partial charge is 0.231 e. The highest BCUT2D eigenvalue weighted by Gasteiger charge is 2.50. The van der Waals surface area contributed by atoms with E-state index in [2.05, 4.69) is 69.0 Å². The van der Waals surface area contributed by atoms with Crippen LogP contribution < -0.4 is 16.0 Å². The molecule has 0 saturated carbocycles. The van der Waals surface area contributed by atoms with Crippen LogP contribution in [0, 0.1) is 0 Å². The molecule has 3 aromatic rings. The van der Waals surface area contributed by atoms with E-state index in [9.17, 15) is 0 Å². The minimum Gasteiger partial charge on any atom is -0.370 e. The van der Waals surface area contributed by atoms with E-state index in [0.29, 0.717) is 5.96 Å². The van der Waals surface area contributed by atoms with Gasteiger partial charge < -0.3 is 20.9 Å². The molecule has 3 N–H and O–H groups in total. The van der Waals surface area contributed by atoms with Gasteiger partial charge in [-0.15, -0.1) is 11.3 Å². The number of hydrogen-bond donors (Lipinski definition) is 2. The molecule has 1 aromatic carbocycles. The number of thiophene rings is 1. The van der Waals surface area contributed by atoms with Gasteiger partial charge in [0.15, 0.2) is 5.96 Å². The largest absolute Gasteiger partial charge is 0.370 e. The summed E-state index contributed by atoms with van der Waals surface area (Å²) in [7, 11) is 2.17. The fourth-order valence-electron chi connectivity index (χ4n) is 5.04. The van der Waals surface area contributed by atoms with Crippen LogP contribution in [0.1, 0.15) is 28.6 Å². The molecular weight excluding hydrogens is 444 g/mol. The zero-order valence-electron chi connectivity index (χ0n) is 19.1. The molecule has 3 aliphatic rings. The molecule has 2 unspecified atom stereocenters. The van der Waals surface area contributed by atoms with Gasteiger partial charge in [-0.2, -0.15) is 5.10 Å². The van der Waals surface area contributed by atoms with Crippen LogP contribution in [0.15, 0.2) is 70.2 Å². The number of nitrogens with one attached hydrogen (secondary N) is 1. The molecule has 3 aliphatic heterocycles. The molecule has 0 aliphatic carbocycles. The molecular formula is C25H28N8S. The Hall–Kier alpha value is -3.43. The number of pyridine rings is 1. The lowest BCUT2D eigenvalue weighted by molar-refractivity contribution is 0.0954. The molecule has 1 saturated heterocycles. The highest BCUT2D eigenvalue weighted by Crippen LogP contribution is 2.50. The third-order valence-electron chi connectivity index (χ3n) is 6.85. The van der Waals surface area contributed by atoms with Crippen LogP contribution >= 0.6 is 11.3 Å². The summed E-state index contributed by atoms with van der Waals surface area (Å²) in [6, 6.07) is 16.8. The first-order chi connectivity index (χ1) is 16.6. The number of aliphatic imine (C=N–C) groups is 1. The Balaban J connectivity index is 1.46. The van der Waals surface area contributed by atoms with Crippen molar-refractivity contribution in [2.75, 3.05) is 43.4 Å². The number of piperazine rings is 1. The van der Waals surface area contributed by atoms with Gasteiger partial charge in [0.2, 0.25) is 5.66 Å². The van der Waals surface area contributed by atoms with Gasteiger partial charge in [0, 0.05) is 38.8 Å². The number of hydrogen-bond acceptors (Lipinski definition) is 9. The van der Waals surface area contributed by atoms with Crippen molar-refractivity contribution in [2.24, 2.45) is 15.8 Å². The third kappa shape index (κ3) is 3.43. The van der Waals surface area contributed by atoms with E-state index in [1.807, 2.05) is 24.5 Å². The second-order valence-electron chi connectivity index (χ2n) is 8.95. The molecule has 2 aromatic heterocycles. The van der Waals surface area contributed by atoms with Crippen molar-refractivity contribution >= 4 is 34.9 Å². The Labute approximate surface area is 203 Å². The van der Waals surface area contributed by atoms with E-state index in [4.69, 9.17) is 20.8 Å². The molecule has 0 spiro atoms. The van der Waals surface area contributed by atoms with Gasteiger partial charge in [0.05, 0.1) is 34.2 Å². The molecule has 34 heavy (non-hydrogen) atoms. The van der Waals surface area contributed by atoms with Gasteiger partial charge >= 0.3 is 0 Å². The van der Waals surface area contributed by atoms with Crippen molar-refractivity contribution in [3.8, 4) is 0 Å². The van der Waals surface area contributed by atoms with E-state index >= 15 is 0 Å². The summed E-state index contributed by atoms with van der Waals surface area (Å²) in [4.78, 5) is 15.8. The van der Waals surface area contributed by atoms with Crippen molar-refractivity contribution in [1.29, 1.82) is 0 Å². The van der Waals surface area contributed by atoms with E-state index in [0.717, 1.165) is 54.5 Å². The maximum atomic E-state index is 6.36. The second kappa shape index (κ2) is 8.41. The normalized spacial score (nSPS) is 24.6. The summed E-state index contributed by atoms with van der Waals surface area (Å²) in [6.07, 6.45) is 4.74. The summed E-state index contributed by atoms with van der Waals surface area (Å²) < 4.78 is 0. The molecule has 0 radical (unpaired) electrons. The van der Waals surface area contributed by atoms with Gasteiger partial charge in [-0.3, -0.25) is 9.99 Å². The van der Waals surface area contributed by atoms with Crippen molar-refractivity contribution < 1.29 is 0 Å². The van der Waals surface area contributed by atoms with Gasteiger partial charge in [-0.05, 0) is 36.2 Å². The molecule has 1 fully saturated rings. The summed E-state index contributed by atoms with van der Waals surface area (Å²) >= 11 is 1.65. The van der Waals surface area contributed by atoms with Gasteiger partial charge in [-0.1, -0.05) is 30.3 Å². The molecule has 0 bridgehead atoms. The Morgan fingerprint density at radius 2 is 1.88 bits per heavy atom. The topological polar surface area (TPSA) is 85.4 Å². The summed E-state index contributed by atoms with van der Waals surface area (Å²) in [6.45, 7) is 4.11. The summed E-state index contributed by atoms with van der Waals surface area (Å²) in [5.41, 5.74) is 9.52. The van der Waals surface area contributed by atoms with Crippen molar-refractivity contribution in [1.82, 2.24) is 14.9 Å². The average molecular weight is 473 g/mol. The predicted molar refractivity (Wildman–Crippen MR) is 138 cm³/mol. The number of rotatable bonds is 4. The van der Waals surface area contributed by atoms with Crippen molar-refractivity contribution in [3.63, 3.8) is 0 Å². The second-order valence-corrected chi connectivity index (χ2v) is 9.87. The maximum absolute atomic E-state index is 6.36. The number of benzene rings is 1. The lowest BCUT2D eigenvalue weighted by Gasteiger charge is -2.42. The Morgan fingerprint density at radius 3 is 2.65 bits per heavy atom. The molecule has 6 rings (SSSR count). The summed E-state index contributed by atoms with van der Waals surface area (Å²) in [5, 5.41) is 12.2.